The molecule has 3 N–H and O–H groups in total. The van der Waals surface area contributed by atoms with Crippen LogP contribution >= 0.6 is 0 Å². The van der Waals surface area contributed by atoms with Crippen LogP contribution in [0.4, 0.5) is 5.69 Å². The third kappa shape index (κ3) is 4.18. The number of carbonyl (C=O) groups is 1. The van der Waals surface area contributed by atoms with E-state index in [0.717, 1.165) is 43.0 Å². The highest BCUT2D eigenvalue weighted by Gasteiger charge is 2.22. The van der Waals surface area contributed by atoms with Crippen molar-refractivity contribution < 1.29 is 14.6 Å². The van der Waals surface area contributed by atoms with E-state index in [0.29, 0.717) is 6.54 Å². The Morgan fingerprint density at radius 1 is 0.957 bits per heavy atom. The number of benzene rings is 2. The summed E-state index contributed by atoms with van der Waals surface area (Å²) >= 11 is 0. The first-order chi connectivity index (χ1) is 11.2. The molecule has 1 fully saturated rings. The number of nitrogens with one attached hydrogen (secondary N) is 3. The summed E-state index contributed by atoms with van der Waals surface area (Å²) in [6.07, 6.45) is 0. The van der Waals surface area contributed by atoms with Crippen molar-refractivity contribution in [3.8, 4) is 11.1 Å². The molecular weight excluding hydrogens is 286 g/mol. The predicted molar refractivity (Wildman–Crippen MR) is 92.7 cm³/mol. The van der Waals surface area contributed by atoms with Gasteiger partial charge in [-0.25, -0.2) is 0 Å². The van der Waals surface area contributed by atoms with Gasteiger partial charge in [0, 0.05) is 11.3 Å². The quantitative estimate of drug-likeness (QED) is 0.713. The van der Waals surface area contributed by atoms with Gasteiger partial charge < -0.3 is 15.1 Å². The van der Waals surface area contributed by atoms with Crippen molar-refractivity contribution in [2.75, 3.05) is 45.1 Å². The number of amides is 1. The Kier molecular flexibility index (Phi) is 5.05. The summed E-state index contributed by atoms with van der Waals surface area (Å²) < 4.78 is 0. The van der Waals surface area contributed by atoms with Crippen LogP contribution in [0.2, 0.25) is 0 Å². The number of carbonyl (C=O) groups excluding carboxylic acids is 1. The van der Waals surface area contributed by atoms with Crippen molar-refractivity contribution in [2.45, 2.75) is 0 Å². The molecule has 120 valence electrons. The fourth-order valence-corrected chi connectivity index (χ4v) is 3.09. The van der Waals surface area contributed by atoms with Crippen LogP contribution in [-0.2, 0) is 4.79 Å². The fourth-order valence-electron chi connectivity index (χ4n) is 3.09. The molecular formula is C19H25N3O+2. The zero-order chi connectivity index (χ0) is 16.1. The third-order valence-electron chi connectivity index (χ3n) is 4.51. The summed E-state index contributed by atoms with van der Waals surface area (Å²) in [4.78, 5) is 15.3. The standard InChI is InChI=1S/C19H23N3O/c1-21-11-13-22(14-12-21)15-19(23)20-18-10-6-5-9-17(18)16-7-3-2-4-8-16/h2-10H,11-15H2,1H3,(H,20,23)/p+2. The topological polar surface area (TPSA) is 38.0 Å². The van der Waals surface area contributed by atoms with E-state index in [1.807, 2.05) is 36.4 Å². The Morgan fingerprint density at radius 2 is 1.61 bits per heavy atom. The van der Waals surface area contributed by atoms with Gasteiger partial charge in [-0.3, -0.25) is 4.79 Å². The van der Waals surface area contributed by atoms with E-state index in [-0.39, 0.29) is 5.91 Å². The first-order valence-corrected chi connectivity index (χ1v) is 8.31. The number of piperazine rings is 1. The summed E-state index contributed by atoms with van der Waals surface area (Å²) in [7, 11) is 2.22. The van der Waals surface area contributed by atoms with E-state index in [1.165, 1.54) is 4.90 Å². The van der Waals surface area contributed by atoms with Crippen LogP contribution in [0.15, 0.2) is 54.6 Å². The average molecular weight is 311 g/mol. The van der Waals surface area contributed by atoms with Gasteiger partial charge in [0.1, 0.15) is 26.2 Å². The van der Waals surface area contributed by atoms with Crippen molar-refractivity contribution in [1.29, 1.82) is 0 Å². The zero-order valence-electron chi connectivity index (χ0n) is 13.6. The summed E-state index contributed by atoms with van der Waals surface area (Å²) in [6.45, 7) is 4.97. The maximum absolute atomic E-state index is 12.4. The largest absolute Gasteiger partial charge is 0.328 e. The first-order valence-electron chi connectivity index (χ1n) is 8.31. The van der Waals surface area contributed by atoms with Gasteiger partial charge in [-0.05, 0) is 11.6 Å². The molecule has 1 aliphatic rings. The van der Waals surface area contributed by atoms with Crippen LogP contribution in [-0.4, -0.2) is 45.7 Å². The van der Waals surface area contributed by atoms with E-state index in [4.69, 9.17) is 0 Å². The molecule has 23 heavy (non-hydrogen) atoms. The summed E-state index contributed by atoms with van der Waals surface area (Å²) in [6, 6.07) is 18.2. The highest BCUT2D eigenvalue weighted by molar-refractivity contribution is 5.96. The van der Waals surface area contributed by atoms with Crippen LogP contribution in [0, 0.1) is 0 Å². The van der Waals surface area contributed by atoms with Gasteiger partial charge in [0.05, 0.1) is 7.05 Å². The molecule has 0 atom stereocenters. The Hall–Kier alpha value is -2.17. The van der Waals surface area contributed by atoms with Gasteiger partial charge in [0.2, 0.25) is 0 Å². The van der Waals surface area contributed by atoms with Crippen molar-refractivity contribution in [3.63, 3.8) is 0 Å². The minimum Gasteiger partial charge on any atom is -0.328 e. The first kappa shape index (κ1) is 15.7. The molecule has 0 unspecified atom stereocenters. The van der Waals surface area contributed by atoms with Gasteiger partial charge in [-0.15, -0.1) is 0 Å². The molecule has 0 aromatic heterocycles. The molecule has 1 aliphatic heterocycles. The van der Waals surface area contributed by atoms with Crippen LogP contribution in [0.25, 0.3) is 11.1 Å². The fraction of sp³-hybridized carbons (Fsp3) is 0.316. The number of likely N-dealkylation sites (N-methyl/N-ethyl adjacent to an activating group) is 1. The molecule has 0 spiro atoms. The van der Waals surface area contributed by atoms with Crippen LogP contribution in [0.5, 0.6) is 0 Å². The molecule has 1 amide bonds. The van der Waals surface area contributed by atoms with Crippen molar-refractivity contribution in [1.82, 2.24) is 0 Å². The number of hydrogen-bond acceptors (Lipinski definition) is 1. The van der Waals surface area contributed by atoms with Crippen molar-refractivity contribution >= 4 is 11.6 Å². The lowest BCUT2D eigenvalue weighted by Gasteiger charge is -2.26. The summed E-state index contributed by atoms with van der Waals surface area (Å²) in [5.41, 5.74) is 3.08. The SMILES string of the molecule is C[NH+]1CC[NH+](CC(=O)Nc2ccccc2-c2ccccc2)CC1. The number of hydrogen-bond donors (Lipinski definition) is 3. The monoisotopic (exact) mass is 311 g/mol. The van der Waals surface area contributed by atoms with Gasteiger partial charge >= 0.3 is 0 Å². The Labute approximate surface area is 137 Å². The zero-order valence-corrected chi connectivity index (χ0v) is 13.6. The maximum atomic E-state index is 12.4. The lowest BCUT2D eigenvalue weighted by Crippen LogP contribution is -3.27. The second-order valence-electron chi connectivity index (χ2n) is 6.34. The molecule has 4 heteroatoms. The highest BCUT2D eigenvalue weighted by atomic mass is 16.2. The summed E-state index contributed by atoms with van der Waals surface area (Å²) in [5.74, 6) is 0.0999. The van der Waals surface area contributed by atoms with E-state index >= 15 is 0 Å². The minimum absolute atomic E-state index is 0.0999. The molecule has 0 bridgehead atoms. The number of para-hydroxylation sites is 1. The molecule has 2 aromatic rings. The molecule has 0 saturated carbocycles. The van der Waals surface area contributed by atoms with E-state index < -0.39 is 0 Å². The lowest BCUT2D eigenvalue weighted by molar-refractivity contribution is -0.999. The normalized spacial score (nSPS) is 20.9. The van der Waals surface area contributed by atoms with Gasteiger partial charge in [0.15, 0.2) is 6.54 Å². The molecule has 4 nitrogen and oxygen atoms in total. The second kappa shape index (κ2) is 7.40. The van der Waals surface area contributed by atoms with E-state index in [9.17, 15) is 4.79 Å². The third-order valence-corrected chi connectivity index (χ3v) is 4.51. The van der Waals surface area contributed by atoms with Crippen molar-refractivity contribution in [3.05, 3.63) is 54.6 Å². The van der Waals surface area contributed by atoms with Gasteiger partial charge in [0.25, 0.3) is 5.91 Å². The van der Waals surface area contributed by atoms with Crippen LogP contribution in [0.3, 0.4) is 0 Å². The molecule has 3 rings (SSSR count). The van der Waals surface area contributed by atoms with E-state index in [1.54, 1.807) is 4.90 Å². The summed E-state index contributed by atoms with van der Waals surface area (Å²) in [5, 5.41) is 3.10. The second-order valence-corrected chi connectivity index (χ2v) is 6.34. The molecule has 2 aromatic carbocycles. The van der Waals surface area contributed by atoms with Crippen molar-refractivity contribution in [2.24, 2.45) is 0 Å². The molecule has 1 saturated heterocycles. The predicted octanol–water partition coefficient (Wildman–Crippen LogP) is -0.295. The Bertz CT molecular complexity index is 649. The number of quaternary nitrogens is 2. The minimum atomic E-state index is 0.0999. The molecule has 0 radical (unpaired) electrons. The van der Waals surface area contributed by atoms with E-state index in [2.05, 4.69) is 30.6 Å². The average Bonchev–Trinajstić information content (AvgIpc) is 2.58. The van der Waals surface area contributed by atoms with Crippen LogP contribution in [0.1, 0.15) is 0 Å². The van der Waals surface area contributed by atoms with Gasteiger partial charge in [-0.2, -0.15) is 0 Å². The Balaban J connectivity index is 1.67. The van der Waals surface area contributed by atoms with Crippen LogP contribution < -0.4 is 15.1 Å². The maximum Gasteiger partial charge on any atom is 0.279 e. The molecule has 0 aliphatic carbocycles. The van der Waals surface area contributed by atoms with Gasteiger partial charge in [-0.1, -0.05) is 48.5 Å². The number of rotatable bonds is 4. The Morgan fingerprint density at radius 3 is 2.35 bits per heavy atom. The highest BCUT2D eigenvalue weighted by Crippen LogP contribution is 2.27. The smallest absolute Gasteiger partial charge is 0.279 e. The lowest BCUT2D eigenvalue weighted by atomic mass is 10.0. The number of anilines is 1. The molecule has 1 heterocycles.